The SMILES string of the molecule is C[C@H](CNC(=O)C1(NC(=O)NCc2ccccc2)CCCC1)c1ccccc1. The molecule has 0 spiro atoms. The first-order valence-corrected chi connectivity index (χ1v) is 10.0. The third-order valence-electron chi connectivity index (χ3n) is 5.48. The molecule has 0 radical (unpaired) electrons. The fourth-order valence-electron chi connectivity index (χ4n) is 3.74. The Morgan fingerprint density at radius 3 is 2.18 bits per heavy atom. The second kappa shape index (κ2) is 9.40. The second-order valence-corrected chi connectivity index (χ2v) is 7.60. The quantitative estimate of drug-likeness (QED) is 0.686. The molecule has 0 saturated heterocycles. The zero-order chi connectivity index (χ0) is 19.8. The van der Waals surface area contributed by atoms with Crippen LogP contribution in [0.3, 0.4) is 0 Å². The standard InChI is InChI=1S/C23H29N3O2/c1-18(20-12-6-3-7-13-20)16-24-21(27)23(14-8-9-15-23)26-22(28)25-17-19-10-4-2-5-11-19/h2-7,10-13,18H,8-9,14-17H2,1H3,(H,24,27)(H2,25,26,28)/t18-/m1/s1. The van der Waals surface area contributed by atoms with E-state index in [2.05, 4.69) is 35.0 Å². The maximum absolute atomic E-state index is 13.0. The molecule has 0 aromatic heterocycles. The third-order valence-corrected chi connectivity index (χ3v) is 5.48. The lowest BCUT2D eigenvalue weighted by Crippen LogP contribution is -2.59. The maximum atomic E-state index is 13.0. The van der Waals surface area contributed by atoms with E-state index in [0.29, 0.717) is 25.9 Å². The van der Waals surface area contributed by atoms with Gasteiger partial charge in [0.25, 0.3) is 0 Å². The molecule has 2 aromatic rings. The Balaban J connectivity index is 1.55. The van der Waals surface area contributed by atoms with Gasteiger partial charge in [-0.1, -0.05) is 80.4 Å². The summed E-state index contributed by atoms with van der Waals surface area (Å²) in [5.74, 6) is 0.137. The van der Waals surface area contributed by atoms with E-state index in [4.69, 9.17) is 0 Å². The molecule has 1 saturated carbocycles. The van der Waals surface area contributed by atoms with Gasteiger partial charge in [-0.2, -0.15) is 0 Å². The van der Waals surface area contributed by atoms with Gasteiger partial charge < -0.3 is 16.0 Å². The van der Waals surface area contributed by atoms with Crippen LogP contribution >= 0.6 is 0 Å². The van der Waals surface area contributed by atoms with Crippen LogP contribution in [0.25, 0.3) is 0 Å². The lowest BCUT2D eigenvalue weighted by molar-refractivity contribution is -0.127. The van der Waals surface area contributed by atoms with Crippen molar-refractivity contribution in [2.45, 2.75) is 50.6 Å². The Labute approximate surface area is 166 Å². The van der Waals surface area contributed by atoms with Crippen LogP contribution in [-0.4, -0.2) is 24.0 Å². The van der Waals surface area contributed by atoms with Crippen LogP contribution in [0, 0.1) is 0 Å². The summed E-state index contributed by atoms with van der Waals surface area (Å²) >= 11 is 0. The fraction of sp³-hybridized carbons (Fsp3) is 0.391. The van der Waals surface area contributed by atoms with Gasteiger partial charge in [0.2, 0.25) is 5.91 Å². The van der Waals surface area contributed by atoms with Gasteiger partial charge in [-0.25, -0.2) is 4.79 Å². The molecule has 3 N–H and O–H groups in total. The summed E-state index contributed by atoms with van der Waals surface area (Å²) in [4.78, 5) is 25.4. The van der Waals surface area contributed by atoms with Crippen molar-refractivity contribution in [3.05, 3.63) is 71.8 Å². The molecule has 1 fully saturated rings. The van der Waals surface area contributed by atoms with E-state index in [-0.39, 0.29) is 17.9 Å². The number of hydrogen-bond donors (Lipinski definition) is 3. The van der Waals surface area contributed by atoms with Crippen LogP contribution in [0.5, 0.6) is 0 Å². The molecule has 28 heavy (non-hydrogen) atoms. The van der Waals surface area contributed by atoms with Gasteiger partial charge in [-0.3, -0.25) is 4.79 Å². The number of hydrogen-bond acceptors (Lipinski definition) is 2. The van der Waals surface area contributed by atoms with Crippen LogP contribution in [-0.2, 0) is 11.3 Å². The highest BCUT2D eigenvalue weighted by Crippen LogP contribution is 2.30. The first-order chi connectivity index (χ1) is 13.6. The Bertz CT molecular complexity index is 771. The van der Waals surface area contributed by atoms with Gasteiger partial charge in [0.05, 0.1) is 0 Å². The maximum Gasteiger partial charge on any atom is 0.315 e. The molecular weight excluding hydrogens is 350 g/mol. The number of rotatable bonds is 7. The lowest BCUT2D eigenvalue weighted by atomic mass is 9.95. The normalized spacial score (nSPS) is 16.2. The molecule has 1 aliphatic carbocycles. The van der Waals surface area contributed by atoms with E-state index in [0.717, 1.165) is 18.4 Å². The van der Waals surface area contributed by atoms with Gasteiger partial charge in [0.15, 0.2) is 0 Å². The molecule has 0 unspecified atom stereocenters. The van der Waals surface area contributed by atoms with Crippen molar-refractivity contribution in [3.8, 4) is 0 Å². The summed E-state index contributed by atoms with van der Waals surface area (Å²) in [6.45, 7) is 3.09. The Hall–Kier alpha value is -2.82. The van der Waals surface area contributed by atoms with Crippen LogP contribution in [0.1, 0.15) is 49.7 Å². The molecule has 2 aromatic carbocycles. The average molecular weight is 380 g/mol. The highest BCUT2D eigenvalue weighted by atomic mass is 16.2. The zero-order valence-electron chi connectivity index (χ0n) is 16.4. The monoisotopic (exact) mass is 379 g/mol. The van der Waals surface area contributed by atoms with Crippen molar-refractivity contribution in [3.63, 3.8) is 0 Å². The predicted molar refractivity (Wildman–Crippen MR) is 111 cm³/mol. The molecule has 1 aliphatic rings. The molecule has 3 amide bonds. The highest BCUT2D eigenvalue weighted by Gasteiger charge is 2.42. The predicted octanol–water partition coefficient (Wildman–Crippen LogP) is 3.72. The Kier molecular flexibility index (Phi) is 6.69. The fourth-order valence-corrected chi connectivity index (χ4v) is 3.74. The van der Waals surface area contributed by atoms with Crippen LogP contribution < -0.4 is 16.0 Å². The summed E-state index contributed by atoms with van der Waals surface area (Å²) in [6, 6.07) is 19.6. The van der Waals surface area contributed by atoms with Crippen molar-refractivity contribution in [2.75, 3.05) is 6.54 Å². The lowest BCUT2D eigenvalue weighted by Gasteiger charge is -2.29. The number of benzene rings is 2. The molecule has 5 nitrogen and oxygen atoms in total. The molecule has 0 aliphatic heterocycles. The van der Waals surface area contributed by atoms with E-state index in [1.807, 2.05) is 48.5 Å². The summed E-state index contributed by atoms with van der Waals surface area (Å²) in [5.41, 5.74) is 1.41. The smallest absolute Gasteiger partial charge is 0.315 e. The number of urea groups is 1. The average Bonchev–Trinajstić information content (AvgIpc) is 3.21. The Morgan fingerprint density at radius 1 is 0.929 bits per heavy atom. The van der Waals surface area contributed by atoms with E-state index in [9.17, 15) is 9.59 Å². The topological polar surface area (TPSA) is 70.2 Å². The molecule has 3 rings (SSSR count). The van der Waals surface area contributed by atoms with Crippen molar-refractivity contribution in [1.29, 1.82) is 0 Å². The minimum absolute atomic E-state index is 0.0809. The minimum Gasteiger partial charge on any atom is -0.353 e. The van der Waals surface area contributed by atoms with Gasteiger partial charge in [-0.05, 0) is 29.9 Å². The van der Waals surface area contributed by atoms with Gasteiger partial charge in [0.1, 0.15) is 5.54 Å². The van der Waals surface area contributed by atoms with Crippen molar-refractivity contribution in [2.24, 2.45) is 0 Å². The van der Waals surface area contributed by atoms with Crippen LogP contribution in [0.4, 0.5) is 4.79 Å². The molecule has 148 valence electrons. The van der Waals surface area contributed by atoms with Gasteiger partial charge >= 0.3 is 6.03 Å². The number of carbonyl (C=O) groups is 2. The van der Waals surface area contributed by atoms with Gasteiger partial charge in [-0.15, -0.1) is 0 Å². The van der Waals surface area contributed by atoms with E-state index in [1.165, 1.54) is 5.56 Å². The molecular formula is C23H29N3O2. The summed E-state index contributed by atoms with van der Waals surface area (Å²) in [5, 5.41) is 8.89. The molecule has 0 heterocycles. The van der Waals surface area contributed by atoms with Crippen LogP contribution in [0.2, 0.25) is 0 Å². The van der Waals surface area contributed by atoms with Crippen molar-refractivity contribution < 1.29 is 9.59 Å². The summed E-state index contributed by atoms with van der Waals surface area (Å²) < 4.78 is 0. The molecule has 1 atom stereocenters. The Morgan fingerprint density at radius 2 is 1.54 bits per heavy atom. The second-order valence-electron chi connectivity index (χ2n) is 7.60. The third kappa shape index (κ3) is 5.12. The van der Waals surface area contributed by atoms with E-state index >= 15 is 0 Å². The summed E-state index contributed by atoms with van der Waals surface area (Å²) in [6.07, 6.45) is 3.25. The van der Waals surface area contributed by atoms with Crippen LogP contribution in [0.15, 0.2) is 60.7 Å². The number of carbonyl (C=O) groups excluding carboxylic acids is 2. The first kappa shape index (κ1) is 19.9. The first-order valence-electron chi connectivity index (χ1n) is 10.0. The van der Waals surface area contributed by atoms with E-state index < -0.39 is 5.54 Å². The summed E-state index contributed by atoms with van der Waals surface area (Å²) in [7, 11) is 0. The minimum atomic E-state index is -0.808. The van der Waals surface area contributed by atoms with E-state index in [1.54, 1.807) is 0 Å². The van der Waals surface area contributed by atoms with Crippen molar-refractivity contribution >= 4 is 11.9 Å². The zero-order valence-corrected chi connectivity index (χ0v) is 16.4. The highest BCUT2D eigenvalue weighted by molar-refractivity contribution is 5.91. The number of amides is 3. The number of nitrogens with one attached hydrogen (secondary N) is 3. The largest absolute Gasteiger partial charge is 0.353 e. The molecule has 0 bridgehead atoms. The van der Waals surface area contributed by atoms with Crippen molar-refractivity contribution in [1.82, 2.24) is 16.0 Å². The van der Waals surface area contributed by atoms with Gasteiger partial charge in [0, 0.05) is 13.1 Å². The molecule has 5 heteroatoms.